The van der Waals surface area contributed by atoms with Gasteiger partial charge in [-0.15, -0.1) is 0 Å². The minimum Gasteiger partial charge on any atom is -0.159 e. The summed E-state index contributed by atoms with van der Waals surface area (Å²) < 4.78 is 0. The topological polar surface area (TPSA) is 24.7 Å². The van der Waals surface area contributed by atoms with E-state index in [1.54, 1.807) is 0 Å². The van der Waals surface area contributed by atoms with Crippen LogP contribution in [0, 0.1) is 5.41 Å². The molecule has 20 heavy (non-hydrogen) atoms. The van der Waals surface area contributed by atoms with Crippen molar-refractivity contribution in [3.8, 4) is 0 Å². The molecular weight excluding hydrogens is 244 g/mol. The van der Waals surface area contributed by atoms with Gasteiger partial charge in [-0.25, -0.2) is 0 Å². The fourth-order valence-corrected chi connectivity index (χ4v) is 2.71. The molecule has 0 spiro atoms. The van der Waals surface area contributed by atoms with Crippen molar-refractivity contribution in [2.24, 2.45) is 15.6 Å². The van der Waals surface area contributed by atoms with E-state index < -0.39 is 0 Å². The zero-order valence-electron chi connectivity index (χ0n) is 11.9. The Kier molecular flexibility index (Phi) is 3.23. The molecule has 0 saturated heterocycles. The largest absolute Gasteiger partial charge is 0.159 e. The quantitative estimate of drug-likeness (QED) is 0.795. The first-order valence-electron chi connectivity index (χ1n) is 6.93. The van der Waals surface area contributed by atoms with Crippen LogP contribution in [-0.4, -0.2) is 11.4 Å². The van der Waals surface area contributed by atoms with E-state index >= 15 is 0 Å². The van der Waals surface area contributed by atoms with Crippen LogP contribution in [0.2, 0.25) is 0 Å². The van der Waals surface area contributed by atoms with E-state index in [0.29, 0.717) is 0 Å². The summed E-state index contributed by atoms with van der Waals surface area (Å²) in [5.41, 5.74) is 4.50. The Morgan fingerprint density at radius 2 is 1.45 bits per heavy atom. The second kappa shape index (κ2) is 5.04. The number of benzene rings is 2. The average Bonchev–Trinajstić information content (AvgIpc) is 2.77. The standard InChI is InChI=1S/C18H18N2/c1-14-18(2,13-15-9-5-3-6-10-15)17(20-19-14)16-11-7-4-8-12-16/h3-12H,13H2,1-2H3/t18-/m1/s1. The van der Waals surface area contributed by atoms with Gasteiger partial charge in [0.2, 0.25) is 0 Å². The lowest BCUT2D eigenvalue weighted by Crippen LogP contribution is -2.34. The average molecular weight is 262 g/mol. The molecular formula is C18H18N2. The van der Waals surface area contributed by atoms with Crippen LogP contribution in [0.1, 0.15) is 25.0 Å². The third-order valence-electron chi connectivity index (χ3n) is 4.07. The van der Waals surface area contributed by atoms with Crippen molar-refractivity contribution in [3.63, 3.8) is 0 Å². The van der Waals surface area contributed by atoms with Crippen molar-refractivity contribution < 1.29 is 0 Å². The highest BCUT2D eigenvalue weighted by Crippen LogP contribution is 2.33. The van der Waals surface area contributed by atoms with Crippen molar-refractivity contribution in [2.75, 3.05) is 0 Å². The molecule has 1 heterocycles. The van der Waals surface area contributed by atoms with Crippen molar-refractivity contribution in [1.29, 1.82) is 0 Å². The van der Waals surface area contributed by atoms with E-state index in [2.05, 4.69) is 72.6 Å². The van der Waals surface area contributed by atoms with Gasteiger partial charge >= 0.3 is 0 Å². The molecule has 2 nitrogen and oxygen atoms in total. The lowest BCUT2D eigenvalue weighted by molar-refractivity contribution is 0.646. The van der Waals surface area contributed by atoms with Crippen molar-refractivity contribution >= 4 is 11.4 Å². The molecule has 0 bridgehead atoms. The van der Waals surface area contributed by atoms with E-state index in [4.69, 9.17) is 0 Å². The van der Waals surface area contributed by atoms with Gasteiger partial charge in [0.15, 0.2) is 0 Å². The predicted molar refractivity (Wildman–Crippen MR) is 84.3 cm³/mol. The Bertz CT molecular complexity index is 656. The van der Waals surface area contributed by atoms with Crippen molar-refractivity contribution in [2.45, 2.75) is 20.3 Å². The van der Waals surface area contributed by atoms with Crippen LogP contribution < -0.4 is 0 Å². The molecule has 0 fully saturated rings. The van der Waals surface area contributed by atoms with Crippen LogP contribution in [0.4, 0.5) is 0 Å². The third-order valence-corrected chi connectivity index (χ3v) is 4.07. The highest BCUT2D eigenvalue weighted by atomic mass is 15.2. The molecule has 2 aromatic rings. The Morgan fingerprint density at radius 1 is 0.850 bits per heavy atom. The monoisotopic (exact) mass is 262 g/mol. The minimum absolute atomic E-state index is 0.122. The highest BCUT2D eigenvalue weighted by Gasteiger charge is 2.38. The SMILES string of the molecule is CC1=NN=C(c2ccccc2)[C@]1(C)Cc1ccccc1. The summed E-state index contributed by atoms with van der Waals surface area (Å²) in [4.78, 5) is 0. The van der Waals surface area contributed by atoms with Gasteiger partial charge in [-0.3, -0.25) is 0 Å². The lowest BCUT2D eigenvalue weighted by Gasteiger charge is -2.27. The fraction of sp³-hybridized carbons (Fsp3) is 0.222. The van der Waals surface area contributed by atoms with Gasteiger partial charge in [-0.2, -0.15) is 10.2 Å². The van der Waals surface area contributed by atoms with E-state index in [1.165, 1.54) is 5.56 Å². The van der Waals surface area contributed by atoms with Crippen LogP contribution in [0.5, 0.6) is 0 Å². The molecule has 0 saturated carbocycles. The van der Waals surface area contributed by atoms with Gasteiger partial charge in [0.25, 0.3) is 0 Å². The van der Waals surface area contributed by atoms with E-state index in [1.807, 2.05) is 12.1 Å². The van der Waals surface area contributed by atoms with Crippen LogP contribution >= 0.6 is 0 Å². The highest BCUT2D eigenvalue weighted by molar-refractivity contribution is 6.20. The van der Waals surface area contributed by atoms with Crippen molar-refractivity contribution in [1.82, 2.24) is 0 Å². The zero-order chi connectivity index (χ0) is 14.0. The molecule has 2 aromatic carbocycles. The Labute approximate surface area is 119 Å². The second-order valence-corrected chi connectivity index (χ2v) is 5.49. The minimum atomic E-state index is -0.122. The maximum atomic E-state index is 4.44. The molecule has 3 rings (SSSR count). The number of hydrogen-bond acceptors (Lipinski definition) is 2. The first-order valence-corrected chi connectivity index (χ1v) is 6.93. The zero-order valence-corrected chi connectivity index (χ0v) is 11.9. The molecule has 0 amide bonds. The normalized spacial score (nSPS) is 21.5. The summed E-state index contributed by atoms with van der Waals surface area (Å²) in [6, 6.07) is 20.9. The van der Waals surface area contributed by atoms with Crippen molar-refractivity contribution in [3.05, 3.63) is 71.8 Å². The Balaban J connectivity index is 1.97. The molecule has 1 atom stereocenters. The maximum absolute atomic E-state index is 4.44. The fourth-order valence-electron chi connectivity index (χ4n) is 2.71. The van der Waals surface area contributed by atoms with Gasteiger partial charge in [0, 0.05) is 5.71 Å². The van der Waals surface area contributed by atoms with Crippen LogP contribution in [0.15, 0.2) is 70.9 Å². The number of nitrogens with zero attached hydrogens (tertiary/aromatic N) is 2. The Hall–Kier alpha value is -2.22. The van der Waals surface area contributed by atoms with Gasteiger partial charge in [-0.05, 0) is 31.4 Å². The molecule has 2 heteroatoms. The molecule has 0 aliphatic carbocycles. The Morgan fingerprint density at radius 3 is 2.10 bits per heavy atom. The summed E-state index contributed by atoms with van der Waals surface area (Å²) >= 11 is 0. The first-order chi connectivity index (χ1) is 9.70. The summed E-state index contributed by atoms with van der Waals surface area (Å²) in [5.74, 6) is 0. The molecule has 1 aliphatic rings. The number of rotatable bonds is 3. The van der Waals surface area contributed by atoms with Crippen LogP contribution in [0.3, 0.4) is 0 Å². The lowest BCUT2D eigenvalue weighted by atomic mass is 9.74. The second-order valence-electron chi connectivity index (χ2n) is 5.49. The van der Waals surface area contributed by atoms with E-state index in [9.17, 15) is 0 Å². The van der Waals surface area contributed by atoms with Crippen LogP contribution in [0.25, 0.3) is 0 Å². The van der Waals surface area contributed by atoms with Crippen LogP contribution in [-0.2, 0) is 6.42 Å². The van der Waals surface area contributed by atoms with Gasteiger partial charge in [0.1, 0.15) is 0 Å². The summed E-state index contributed by atoms with van der Waals surface area (Å²) in [6.07, 6.45) is 0.927. The third kappa shape index (κ3) is 2.18. The molecule has 0 N–H and O–H groups in total. The molecule has 100 valence electrons. The van der Waals surface area contributed by atoms with Gasteiger partial charge < -0.3 is 0 Å². The van der Waals surface area contributed by atoms with E-state index in [-0.39, 0.29) is 5.41 Å². The molecule has 1 aliphatic heterocycles. The molecule has 0 radical (unpaired) electrons. The summed E-state index contributed by atoms with van der Waals surface area (Å²) in [7, 11) is 0. The first kappa shape index (κ1) is 12.8. The predicted octanol–water partition coefficient (Wildman–Crippen LogP) is 4.11. The molecule has 0 aromatic heterocycles. The van der Waals surface area contributed by atoms with E-state index in [0.717, 1.165) is 23.4 Å². The number of hydrogen-bond donors (Lipinski definition) is 0. The summed E-state index contributed by atoms with van der Waals surface area (Å²) in [6.45, 7) is 4.31. The summed E-state index contributed by atoms with van der Waals surface area (Å²) in [5, 5.41) is 8.79. The maximum Gasteiger partial charge on any atom is 0.0821 e. The van der Waals surface area contributed by atoms with Gasteiger partial charge in [0.05, 0.1) is 11.1 Å². The smallest absolute Gasteiger partial charge is 0.0821 e. The molecule has 0 unspecified atom stereocenters. The van der Waals surface area contributed by atoms with Gasteiger partial charge in [-0.1, -0.05) is 60.7 Å².